The summed E-state index contributed by atoms with van der Waals surface area (Å²) in [4.78, 5) is 4.33. The number of rotatable bonds is 1. The van der Waals surface area contributed by atoms with Crippen LogP contribution in [0.2, 0.25) is 0 Å². The molecule has 1 N–H and O–H groups in total. The van der Waals surface area contributed by atoms with E-state index >= 15 is 0 Å². The largest absolute Gasteiger partial charge is 0.488 e. The Bertz CT molecular complexity index is 310. The lowest BCUT2D eigenvalue weighted by molar-refractivity contribution is 0.316. The molecule has 0 unspecified atom stereocenters. The van der Waals surface area contributed by atoms with Crippen LogP contribution in [0.5, 0.6) is 5.75 Å². The first-order valence-corrected chi connectivity index (χ1v) is 4.64. The highest BCUT2D eigenvalue weighted by Gasteiger charge is 2.16. The van der Waals surface area contributed by atoms with Gasteiger partial charge < -0.3 is 10.1 Å². The minimum absolute atomic E-state index is 0.412. The van der Waals surface area contributed by atoms with E-state index in [-0.39, 0.29) is 0 Å². The van der Waals surface area contributed by atoms with E-state index in [4.69, 9.17) is 4.74 Å². The molecule has 0 saturated heterocycles. The molecule has 0 aromatic carbocycles. The van der Waals surface area contributed by atoms with Crippen molar-refractivity contribution >= 4 is 5.69 Å². The molecule has 0 fully saturated rings. The normalized spacial score (nSPS) is 14.7. The number of nitrogens with zero attached hydrogens (tertiary/aromatic N) is 1. The summed E-state index contributed by atoms with van der Waals surface area (Å²) in [5.74, 6) is 1.35. The van der Waals surface area contributed by atoms with Gasteiger partial charge in [0.15, 0.2) is 5.75 Å². The Hall–Kier alpha value is -1.25. The first-order valence-electron chi connectivity index (χ1n) is 4.64. The van der Waals surface area contributed by atoms with Crippen LogP contribution in [0.4, 0.5) is 5.69 Å². The van der Waals surface area contributed by atoms with E-state index in [1.165, 1.54) is 0 Å². The minimum atomic E-state index is 0.412. The number of pyridine rings is 1. The van der Waals surface area contributed by atoms with E-state index in [0.717, 1.165) is 30.3 Å². The van der Waals surface area contributed by atoms with Crippen LogP contribution in [-0.4, -0.2) is 18.1 Å². The second-order valence-corrected chi connectivity index (χ2v) is 3.50. The summed E-state index contributed by atoms with van der Waals surface area (Å²) < 4.78 is 5.59. The molecule has 0 bridgehead atoms. The third-order valence-electron chi connectivity index (χ3n) is 2.14. The van der Waals surface area contributed by atoms with Gasteiger partial charge in [0.2, 0.25) is 0 Å². The van der Waals surface area contributed by atoms with E-state index in [1.54, 1.807) is 0 Å². The van der Waals surface area contributed by atoms with E-state index in [2.05, 4.69) is 24.1 Å². The van der Waals surface area contributed by atoms with Crippen molar-refractivity contribution in [2.45, 2.75) is 19.8 Å². The predicted octanol–water partition coefficient (Wildman–Crippen LogP) is 2.01. The summed E-state index contributed by atoms with van der Waals surface area (Å²) in [6, 6.07) is 1.96. The molecule has 3 nitrogen and oxygen atoms in total. The number of fused-ring (bicyclic) bond motifs is 1. The highest BCUT2D eigenvalue weighted by molar-refractivity contribution is 5.59. The summed E-state index contributed by atoms with van der Waals surface area (Å²) in [5, 5.41) is 3.29. The molecule has 13 heavy (non-hydrogen) atoms. The molecule has 2 rings (SSSR count). The fourth-order valence-corrected chi connectivity index (χ4v) is 1.51. The average molecular weight is 178 g/mol. The van der Waals surface area contributed by atoms with Crippen LogP contribution in [0.3, 0.4) is 0 Å². The molecule has 0 atom stereocenters. The standard InChI is InChI=1S/C10H14N2O/c1-7(2)9-10-8(3-4-12-9)11-5-6-13-10/h3-4,7,11H,5-6H2,1-2H3. The molecule has 70 valence electrons. The third kappa shape index (κ3) is 1.46. The Kier molecular flexibility index (Phi) is 2.08. The van der Waals surface area contributed by atoms with Gasteiger partial charge in [-0.25, -0.2) is 0 Å². The second kappa shape index (κ2) is 3.24. The van der Waals surface area contributed by atoms with Crippen molar-refractivity contribution in [1.82, 2.24) is 4.98 Å². The van der Waals surface area contributed by atoms with Gasteiger partial charge in [0.1, 0.15) is 6.61 Å². The smallest absolute Gasteiger partial charge is 0.164 e. The SMILES string of the molecule is CC(C)c1nccc2c1OCCN2. The zero-order valence-corrected chi connectivity index (χ0v) is 8.00. The van der Waals surface area contributed by atoms with E-state index in [0.29, 0.717) is 5.92 Å². The van der Waals surface area contributed by atoms with Gasteiger partial charge in [-0.05, 0) is 12.0 Å². The average Bonchev–Trinajstić information content (AvgIpc) is 2.17. The van der Waals surface area contributed by atoms with Crippen LogP contribution in [0.1, 0.15) is 25.5 Å². The minimum Gasteiger partial charge on any atom is -0.488 e. The topological polar surface area (TPSA) is 34.1 Å². The van der Waals surface area contributed by atoms with Crippen LogP contribution in [0, 0.1) is 0 Å². The molecule has 3 heteroatoms. The summed E-state index contributed by atoms with van der Waals surface area (Å²) in [6.45, 7) is 5.87. The van der Waals surface area contributed by atoms with Crippen LogP contribution in [0.15, 0.2) is 12.3 Å². The lowest BCUT2D eigenvalue weighted by Crippen LogP contribution is -2.19. The van der Waals surface area contributed by atoms with E-state index in [9.17, 15) is 0 Å². The molecule has 2 heterocycles. The maximum atomic E-state index is 5.59. The first-order chi connectivity index (χ1) is 6.29. The van der Waals surface area contributed by atoms with Crippen molar-refractivity contribution in [2.24, 2.45) is 0 Å². The Balaban J connectivity index is 2.46. The maximum Gasteiger partial charge on any atom is 0.164 e. The number of aromatic nitrogens is 1. The van der Waals surface area contributed by atoms with E-state index < -0.39 is 0 Å². The molecule has 1 aliphatic rings. The van der Waals surface area contributed by atoms with Gasteiger partial charge in [-0.3, -0.25) is 4.98 Å². The Morgan fingerprint density at radius 1 is 1.54 bits per heavy atom. The van der Waals surface area contributed by atoms with Gasteiger partial charge in [-0.1, -0.05) is 13.8 Å². The zero-order chi connectivity index (χ0) is 9.26. The number of ether oxygens (including phenoxy) is 1. The molecule has 0 amide bonds. The summed E-state index contributed by atoms with van der Waals surface area (Å²) in [5.41, 5.74) is 2.12. The highest BCUT2D eigenvalue weighted by Crippen LogP contribution is 2.33. The summed E-state index contributed by atoms with van der Waals surface area (Å²) in [6.07, 6.45) is 1.83. The van der Waals surface area contributed by atoms with Gasteiger partial charge in [-0.15, -0.1) is 0 Å². The van der Waals surface area contributed by atoms with E-state index in [1.807, 2.05) is 12.3 Å². The lowest BCUT2D eigenvalue weighted by Gasteiger charge is -2.22. The van der Waals surface area contributed by atoms with Gasteiger partial charge >= 0.3 is 0 Å². The zero-order valence-electron chi connectivity index (χ0n) is 8.00. The van der Waals surface area contributed by atoms with Crippen molar-refractivity contribution in [3.8, 4) is 5.75 Å². The monoisotopic (exact) mass is 178 g/mol. The van der Waals surface area contributed by atoms with Crippen molar-refractivity contribution in [3.05, 3.63) is 18.0 Å². The highest BCUT2D eigenvalue weighted by atomic mass is 16.5. The Labute approximate surface area is 78.1 Å². The quantitative estimate of drug-likeness (QED) is 0.714. The van der Waals surface area contributed by atoms with Gasteiger partial charge in [-0.2, -0.15) is 0 Å². The third-order valence-corrected chi connectivity index (χ3v) is 2.14. The molecular formula is C10H14N2O. The van der Waals surface area contributed by atoms with Crippen LogP contribution < -0.4 is 10.1 Å². The molecular weight excluding hydrogens is 164 g/mol. The molecule has 0 spiro atoms. The Morgan fingerprint density at radius 3 is 3.15 bits per heavy atom. The number of hydrogen-bond donors (Lipinski definition) is 1. The van der Waals surface area contributed by atoms with Crippen molar-refractivity contribution < 1.29 is 4.74 Å². The van der Waals surface area contributed by atoms with Crippen LogP contribution in [0.25, 0.3) is 0 Å². The van der Waals surface area contributed by atoms with Gasteiger partial charge in [0, 0.05) is 12.7 Å². The first kappa shape index (κ1) is 8.35. The number of nitrogens with one attached hydrogen (secondary N) is 1. The molecule has 1 aromatic rings. The maximum absolute atomic E-state index is 5.59. The molecule has 1 aromatic heterocycles. The second-order valence-electron chi connectivity index (χ2n) is 3.50. The fraction of sp³-hybridized carbons (Fsp3) is 0.500. The summed E-state index contributed by atoms with van der Waals surface area (Å²) in [7, 11) is 0. The number of hydrogen-bond acceptors (Lipinski definition) is 3. The van der Waals surface area contributed by atoms with Crippen molar-refractivity contribution in [3.63, 3.8) is 0 Å². The number of anilines is 1. The Morgan fingerprint density at radius 2 is 2.38 bits per heavy atom. The molecule has 1 aliphatic heterocycles. The van der Waals surface area contributed by atoms with Crippen molar-refractivity contribution in [2.75, 3.05) is 18.5 Å². The van der Waals surface area contributed by atoms with Gasteiger partial charge in [0.25, 0.3) is 0 Å². The van der Waals surface area contributed by atoms with Crippen molar-refractivity contribution in [1.29, 1.82) is 0 Å². The fourth-order valence-electron chi connectivity index (χ4n) is 1.51. The molecule has 0 aliphatic carbocycles. The summed E-state index contributed by atoms with van der Waals surface area (Å²) >= 11 is 0. The lowest BCUT2D eigenvalue weighted by atomic mass is 10.1. The van der Waals surface area contributed by atoms with Crippen LogP contribution >= 0.6 is 0 Å². The predicted molar refractivity (Wildman–Crippen MR) is 52.3 cm³/mol. The van der Waals surface area contributed by atoms with Crippen LogP contribution in [-0.2, 0) is 0 Å². The van der Waals surface area contributed by atoms with Gasteiger partial charge in [0.05, 0.1) is 11.4 Å². The molecule has 0 radical (unpaired) electrons. The molecule has 0 saturated carbocycles.